The first-order valence-electron chi connectivity index (χ1n) is 6.44. The first-order valence-corrected chi connectivity index (χ1v) is 7.32. The van der Waals surface area contributed by atoms with Gasteiger partial charge in [0.15, 0.2) is 0 Å². The molecular formula is C16H15NO3S. The second-order valence-corrected chi connectivity index (χ2v) is 4.96. The zero-order chi connectivity index (χ0) is 14.9. The van der Waals surface area contributed by atoms with Crippen molar-refractivity contribution in [2.24, 2.45) is 0 Å². The molecule has 0 bridgehead atoms. The number of rotatable bonds is 5. The largest absolute Gasteiger partial charge is 0.492 e. The predicted octanol–water partition coefficient (Wildman–Crippen LogP) is 1.90. The highest BCUT2D eigenvalue weighted by Crippen LogP contribution is 2.15. The number of thiophene rings is 1. The van der Waals surface area contributed by atoms with Gasteiger partial charge in [-0.15, -0.1) is 11.3 Å². The molecule has 0 radical (unpaired) electrons. The van der Waals surface area contributed by atoms with E-state index in [1.807, 2.05) is 30.3 Å². The Hall–Kier alpha value is -2.29. The van der Waals surface area contributed by atoms with E-state index in [1.54, 1.807) is 11.4 Å². The summed E-state index contributed by atoms with van der Waals surface area (Å²) in [5, 5.41) is 13.3. The summed E-state index contributed by atoms with van der Waals surface area (Å²) < 4.78 is 5.50. The van der Waals surface area contributed by atoms with Crippen LogP contribution in [0.3, 0.4) is 0 Å². The smallest absolute Gasteiger partial charge is 0.262 e. The van der Waals surface area contributed by atoms with E-state index in [4.69, 9.17) is 9.84 Å². The van der Waals surface area contributed by atoms with Crippen LogP contribution in [-0.2, 0) is 0 Å². The molecule has 2 N–H and O–H groups in total. The molecule has 1 aromatic heterocycles. The number of aliphatic hydroxyl groups excluding tert-OH is 1. The normalized spacial score (nSPS) is 9.57. The average Bonchev–Trinajstić information content (AvgIpc) is 2.99. The summed E-state index contributed by atoms with van der Waals surface area (Å²) in [6.07, 6.45) is 0. The van der Waals surface area contributed by atoms with E-state index in [0.29, 0.717) is 23.6 Å². The van der Waals surface area contributed by atoms with Crippen LogP contribution in [0, 0.1) is 11.8 Å². The number of carbonyl (C=O) groups is 1. The summed E-state index contributed by atoms with van der Waals surface area (Å²) in [6, 6.07) is 11.2. The topological polar surface area (TPSA) is 58.6 Å². The number of hydrogen-bond donors (Lipinski definition) is 2. The maximum atomic E-state index is 12.0. The fraction of sp³-hybridized carbons (Fsp3) is 0.188. The lowest BCUT2D eigenvalue weighted by molar-refractivity contribution is 0.0951. The second kappa shape index (κ2) is 8.10. The molecule has 5 heteroatoms. The van der Waals surface area contributed by atoms with E-state index in [-0.39, 0.29) is 12.5 Å². The number of benzene rings is 1. The van der Waals surface area contributed by atoms with Gasteiger partial charge in [-0.1, -0.05) is 30.0 Å². The summed E-state index contributed by atoms with van der Waals surface area (Å²) in [5.74, 6) is 5.90. The molecule has 4 nitrogen and oxygen atoms in total. The van der Waals surface area contributed by atoms with Gasteiger partial charge in [0.05, 0.1) is 6.54 Å². The zero-order valence-electron chi connectivity index (χ0n) is 11.3. The molecule has 0 spiro atoms. The van der Waals surface area contributed by atoms with Gasteiger partial charge < -0.3 is 15.2 Å². The van der Waals surface area contributed by atoms with Gasteiger partial charge in [-0.3, -0.25) is 4.79 Å². The van der Waals surface area contributed by atoms with Crippen LogP contribution in [0.1, 0.15) is 15.2 Å². The number of ether oxygens (including phenoxy) is 1. The number of para-hydroxylation sites is 1. The summed E-state index contributed by atoms with van der Waals surface area (Å²) in [6.45, 7) is 0.596. The fourth-order valence-corrected chi connectivity index (χ4v) is 2.41. The summed E-state index contributed by atoms with van der Waals surface area (Å²) in [7, 11) is 0. The molecule has 2 rings (SSSR count). The van der Waals surface area contributed by atoms with Crippen LogP contribution in [0.5, 0.6) is 5.75 Å². The Morgan fingerprint density at radius 1 is 1.29 bits per heavy atom. The number of nitrogens with one attached hydrogen (secondary N) is 1. The van der Waals surface area contributed by atoms with Crippen molar-refractivity contribution >= 4 is 17.2 Å². The quantitative estimate of drug-likeness (QED) is 0.655. The Kier molecular flexibility index (Phi) is 5.83. The Morgan fingerprint density at radius 3 is 2.86 bits per heavy atom. The molecule has 0 saturated carbocycles. The van der Waals surface area contributed by atoms with Crippen molar-refractivity contribution in [2.45, 2.75) is 0 Å². The van der Waals surface area contributed by atoms with Gasteiger partial charge in [-0.2, -0.15) is 0 Å². The Bertz CT molecular complexity index is 640. The molecular weight excluding hydrogens is 286 g/mol. The molecule has 1 aromatic carbocycles. The molecule has 0 aliphatic carbocycles. The van der Waals surface area contributed by atoms with E-state index >= 15 is 0 Å². The van der Waals surface area contributed by atoms with Crippen molar-refractivity contribution in [3.05, 3.63) is 52.2 Å². The van der Waals surface area contributed by atoms with Gasteiger partial charge in [0, 0.05) is 5.56 Å². The third-order valence-corrected chi connectivity index (χ3v) is 3.49. The maximum Gasteiger partial charge on any atom is 0.262 e. The van der Waals surface area contributed by atoms with Crippen LogP contribution in [-0.4, -0.2) is 30.8 Å². The Morgan fingerprint density at radius 2 is 2.10 bits per heavy atom. The van der Waals surface area contributed by atoms with E-state index in [2.05, 4.69) is 17.2 Å². The lowest BCUT2D eigenvalue weighted by Crippen LogP contribution is -2.27. The second-order valence-electron chi connectivity index (χ2n) is 4.04. The van der Waals surface area contributed by atoms with Crippen LogP contribution >= 0.6 is 11.3 Å². The number of aliphatic hydroxyl groups is 1. The summed E-state index contributed by atoms with van der Waals surface area (Å²) in [4.78, 5) is 12.6. The van der Waals surface area contributed by atoms with Crippen molar-refractivity contribution in [3.8, 4) is 17.6 Å². The average molecular weight is 301 g/mol. The zero-order valence-corrected chi connectivity index (χ0v) is 12.2. The highest BCUT2D eigenvalue weighted by atomic mass is 32.1. The predicted molar refractivity (Wildman–Crippen MR) is 82.6 cm³/mol. The molecule has 0 aliphatic rings. The molecule has 1 amide bonds. The first-order chi connectivity index (χ1) is 10.3. The van der Waals surface area contributed by atoms with Gasteiger partial charge in [0.2, 0.25) is 0 Å². The molecule has 0 saturated heterocycles. The van der Waals surface area contributed by atoms with Crippen molar-refractivity contribution in [1.29, 1.82) is 0 Å². The van der Waals surface area contributed by atoms with Crippen molar-refractivity contribution in [3.63, 3.8) is 0 Å². The monoisotopic (exact) mass is 301 g/mol. The van der Waals surface area contributed by atoms with E-state index < -0.39 is 0 Å². The molecule has 0 atom stereocenters. The van der Waals surface area contributed by atoms with Crippen molar-refractivity contribution in [2.75, 3.05) is 19.8 Å². The molecule has 0 fully saturated rings. The lowest BCUT2D eigenvalue weighted by atomic mass is 10.2. The highest BCUT2D eigenvalue weighted by molar-refractivity contribution is 7.12. The number of hydrogen-bond acceptors (Lipinski definition) is 4. The van der Waals surface area contributed by atoms with Gasteiger partial charge in [0.1, 0.15) is 23.8 Å². The minimum absolute atomic E-state index is 0.177. The molecule has 2 aromatic rings. The highest BCUT2D eigenvalue weighted by Gasteiger charge is 2.11. The van der Waals surface area contributed by atoms with Crippen LogP contribution in [0.25, 0.3) is 0 Å². The Labute approximate surface area is 127 Å². The number of carbonyl (C=O) groups excluding carboxylic acids is 1. The van der Waals surface area contributed by atoms with E-state index in [0.717, 1.165) is 5.75 Å². The molecule has 108 valence electrons. The maximum absolute atomic E-state index is 12.0. The molecule has 0 unspecified atom stereocenters. The van der Waals surface area contributed by atoms with Crippen molar-refractivity contribution in [1.82, 2.24) is 5.32 Å². The van der Waals surface area contributed by atoms with Gasteiger partial charge in [-0.05, 0) is 23.6 Å². The molecule has 1 heterocycles. The number of amides is 1. The first kappa shape index (κ1) is 15.1. The minimum Gasteiger partial charge on any atom is -0.492 e. The van der Waals surface area contributed by atoms with Gasteiger partial charge in [0.25, 0.3) is 5.91 Å². The minimum atomic E-state index is -0.220. The van der Waals surface area contributed by atoms with Gasteiger partial charge in [-0.25, -0.2) is 0 Å². The van der Waals surface area contributed by atoms with Crippen LogP contribution in [0.2, 0.25) is 0 Å². The van der Waals surface area contributed by atoms with Crippen molar-refractivity contribution < 1.29 is 14.6 Å². The Balaban J connectivity index is 1.81. The molecule has 21 heavy (non-hydrogen) atoms. The van der Waals surface area contributed by atoms with Crippen LogP contribution in [0.4, 0.5) is 0 Å². The standard InChI is InChI=1S/C16H15NO3S/c18-10-4-5-13-8-12-21-15(13)16(19)17-9-11-20-14-6-2-1-3-7-14/h1-3,6-8,12,18H,9-11H2,(H,17,19). The van der Waals surface area contributed by atoms with Crippen LogP contribution in [0.15, 0.2) is 41.8 Å². The SMILES string of the molecule is O=C(NCCOc1ccccc1)c1sccc1C#CCO. The lowest BCUT2D eigenvalue weighted by Gasteiger charge is -2.07. The summed E-state index contributed by atoms with van der Waals surface area (Å²) >= 11 is 1.33. The summed E-state index contributed by atoms with van der Waals surface area (Å²) in [5.41, 5.74) is 0.635. The van der Waals surface area contributed by atoms with Crippen LogP contribution < -0.4 is 10.1 Å². The van der Waals surface area contributed by atoms with E-state index in [1.165, 1.54) is 11.3 Å². The third kappa shape index (κ3) is 4.63. The molecule has 0 aliphatic heterocycles. The third-order valence-electron chi connectivity index (χ3n) is 2.57. The van der Waals surface area contributed by atoms with Gasteiger partial charge >= 0.3 is 0 Å². The fourth-order valence-electron chi connectivity index (χ4n) is 1.65. The van der Waals surface area contributed by atoms with E-state index in [9.17, 15) is 4.79 Å².